The number of likely N-dealkylation sites (N-methyl/N-ethyl adjacent to an activating group) is 2. The number of benzene rings is 2. The molecule has 2 aromatic carbocycles. The van der Waals surface area contributed by atoms with Crippen molar-refractivity contribution in [2.24, 2.45) is 0 Å². The van der Waals surface area contributed by atoms with Gasteiger partial charge in [0.25, 0.3) is 5.91 Å². The van der Waals surface area contributed by atoms with Gasteiger partial charge in [-0.2, -0.15) is 0 Å². The monoisotopic (exact) mass is 317 g/mol. The summed E-state index contributed by atoms with van der Waals surface area (Å²) in [6, 6.07) is 15.3. The molecule has 2 aliphatic heterocycles. The van der Waals surface area contributed by atoms with E-state index in [4.69, 9.17) is 0 Å². The van der Waals surface area contributed by atoms with Gasteiger partial charge >= 0.3 is 6.03 Å². The summed E-state index contributed by atoms with van der Waals surface area (Å²) in [5, 5.41) is 0.966. The molecule has 0 bridgehead atoms. The summed E-state index contributed by atoms with van der Waals surface area (Å²) in [6.45, 7) is 0. The number of rotatable bonds is 0. The van der Waals surface area contributed by atoms with Gasteiger partial charge in [-0.15, -0.1) is 0 Å². The van der Waals surface area contributed by atoms with Gasteiger partial charge in [0.1, 0.15) is 0 Å². The molecule has 1 spiro atoms. The Hall–Kier alpha value is -3.08. The fourth-order valence-electron chi connectivity index (χ4n) is 4.26. The molecule has 1 unspecified atom stereocenters. The molecule has 3 aromatic rings. The molecule has 1 aromatic heterocycles. The summed E-state index contributed by atoms with van der Waals surface area (Å²) < 4.78 is 1.63. The molecule has 0 saturated heterocycles. The predicted octanol–water partition coefficient (Wildman–Crippen LogP) is 2.77. The SMILES string of the molecule is CN1C(=O)C2(c3ccccc31)c1cccc3ccn(c13)C(=O)N2C. The van der Waals surface area contributed by atoms with E-state index in [1.165, 1.54) is 0 Å². The van der Waals surface area contributed by atoms with Crippen LogP contribution in [-0.2, 0) is 10.3 Å². The summed E-state index contributed by atoms with van der Waals surface area (Å²) in [5.41, 5.74) is 2.27. The fraction of sp³-hybridized carbons (Fsp3) is 0.158. The van der Waals surface area contributed by atoms with Gasteiger partial charge in [0.05, 0.1) is 5.52 Å². The molecule has 0 N–H and O–H groups in total. The lowest BCUT2D eigenvalue weighted by Crippen LogP contribution is -2.57. The van der Waals surface area contributed by atoms with E-state index in [2.05, 4.69) is 0 Å². The van der Waals surface area contributed by atoms with Crippen LogP contribution < -0.4 is 4.90 Å². The zero-order valence-corrected chi connectivity index (χ0v) is 13.4. The van der Waals surface area contributed by atoms with Gasteiger partial charge < -0.3 is 9.80 Å². The third kappa shape index (κ3) is 1.21. The van der Waals surface area contributed by atoms with E-state index in [1.54, 1.807) is 34.7 Å². The number of para-hydroxylation sites is 2. The second kappa shape index (κ2) is 4.06. The van der Waals surface area contributed by atoms with Gasteiger partial charge in [-0.3, -0.25) is 9.36 Å². The van der Waals surface area contributed by atoms with Crippen molar-refractivity contribution < 1.29 is 9.59 Å². The molecule has 5 nitrogen and oxygen atoms in total. The van der Waals surface area contributed by atoms with Crippen LogP contribution in [0.1, 0.15) is 11.1 Å². The zero-order chi connectivity index (χ0) is 16.6. The van der Waals surface area contributed by atoms with Crippen molar-refractivity contribution in [3.63, 3.8) is 0 Å². The minimum absolute atomic E-state index is 0.0977. The molecule has 2 amide bonds. The van der Waals surface area contributed by atoms with Gasteiger partial charge in [0.2, 0.25) is 0 Å². The first-order valence-corrected chi connectivity index (χ1v) is 7.85. The van der Waals surface area contributed by atoms with Crippen molar-refractivity contribution in [3.05, 3.63) is 65.9 Å². The lowest BCUT2D eigenvalue weighted by atomic mass is 9.80. The summed E-state index contributed by atoms with van der Waals surface area (Å²) in [5.74, 6) is -0.0977. The number of nitrogens with zero attached hydrogens (tertiary/aromatic N) is 3. The topological polar surface area (TPSA) is 45.6 Å². The van der Waals surface area contributed by atoms with Crippen molar-refractivity contribution in [2.75, 3.05) is 19.0 Å². The minimum Gasteiger partial charge on any atom is -0.312 e. The Labute approximate surface area is 138 Å². The first-order valence-electron chi connectivity index (χ1n) is 7.85. The third-order valence-electron chi connectivity index (χ3n) is 5.37. The van der Waals surface area contributed by atoms with Crippen molar-refractivity contribution in [2.45, 2.75) is 5.54 Å². The molecule has 118 valence electrons. The molecule has 0 saturated carbocycles. The van der Waals surface area contributed by atoms with E-state index < -0.39 is 5.54 Å². The van der Waals surface area contributed by atoms with Crippen molar-refractivity contribution >= 4 is 28.5 Å². The van der Waals surface area contributed by atoms with Crippen LogP contribution in [0.25, 0.3) is 10.9 Å². The molecular weight excluding hydrogens is 302 g/mol. The number of amides is 2. The van der Waals surface area contributed by atoms with E-state index >= 15 is 0 Å². The Morgan fingerprint density at radius 2 is 1.62 bits per heavy atom. The molecular formula is C19H15N3O2. The Morgan fingerprint density at radius 1 is 0.875 bits per heavy atom. The predicted molar refractivity (Wildman–Crippen MR) is 91.1 cm³/mol. The zero-order valence-electron chi connectivity index (χ0n) is 13.4. The number of aromatic nitrogens is 1. The van der Waals surface area contributed by atoms with Crippen LogP contribution in [0, 0.1) is 0 Å². The van der Waals surface area contributed by atoms with E-state index in [1.807, 2.05) is 48.5 Å². The number of hydrogen-bond acceptors (Lipinski definition) is 2. The number of carbonyl (C=O) groups is 2. The van der Waals surface area contributed by atoms with Gasteiger partial charge in [-0.25, -0.2) is 4.79 Å². The third-order valence-corrected chi connectivity index (χ3v) is 5.37. The van der Waals surface area contributed by atoms with E-state index in [0.717, 1.165) is 27.7 Å². The highest BCUT2D eigenvalue weighted by atomic mass is 16.2. The lowest BCUT2D eigenvalue weighted by molar-refractivity contribution is -0.125. The number of anilines is 1. The summed E-state index contributed by atoms with van der Waals surface area (Å²) in [6.07, 6.45) is 1.77. The molecule has 0 radical (unpaired) electrons. The van der Waals surface area contributed by atoms with Crippen LogP contribution in [0.4, 0.5) is 10.5 Å². The largest absolute Gasteiger partial charge is 0.329 e. The number of hydrogen-bond donors (Lipinski definition) is 0. The Balaban J connectivity index is 2.00. The molecule has 0 aliphatic carbocycles. The molecule has 3 heterocycles. The van der Waals surface area contributed by atoms with Crippen LogP contribution >= 0.6 is 0 Å². The Morgan fingerprint density at radius 3 is 2.46 bits per heavy atom. The van der Waals surface area contributed by atoms with Gasteiger partial charge in [0, 0.05) is 42.5 Å². The highest BCUT2D eigenvalue weighted by molar-refractivity contribution is 6.15. The average Bonchev–Trinajstić information content (AvgIpc) is 3.13. The molecule has 2 aliphatic rings. The molecule has 5 rings (SSSR count). The second-order valence-corrected chi connectivity index (χ2v) is 6.36. The lowest BCUT2D eigenvalue weighted by Gasteiger charge is -2.41. The maximum Gasteiger partial charge on any atom is 0.329 e. The van der Waals surface area contributed by atoms with Crippen LogP contribution in [0.5, 0.6) is 0 Å². The molecule has 0 fully saturated rings. The van der Waals surface area contributed by atoms with Crippen molar-refractivity contribution in [3.8, 4) is 0 Å². The Bertz CT molecular complexity index is 1050. The summed E-state index contributed by atoms with van der Waals surface area (Å²) in [7, 11) is 3.47. The normalized spacial score (nSPS) is 21.9. The van der Waals surface area contributed by atoms with Crippen LogP contribution in [-0.4, -0.2) is 35.5 Å². The van der Waals surface area contributed by atoms with Crippen molar-refractivity contribution in [1.29, 1.82) is 0 Å². The maximum absolute atomic E-state index is 13.4. The number of fused-ring (bicyclic) bond motifs is 3. The highest BCUT2D eigenvalue weighted by Gasteiger charge is 2.58. The maximum atomic E-state index is 13.4. The first kappa shape index (κ1) is 13.4. The molecule has 5 heteroatoms. The van der Waals surface area contributed by atoms with Gasteiger partial charge in [-0.1, -0.05) is 36.4 Å². The summed E-state index contributed by atoms with van der Waals surface area (Å²) in [4.78, 5) is 29.6. The Kier molecular flexibility index (Phi) is 2.26. The van der Waals surface area contributed by atoms with Crippen LogP contribution in [0.3, 0.4) is 0 Å². The van der Waals surface area contributed by atoms with E-state index in [0.29, 0.717) is 0 Å². The van der Waals surface area contributed by atoms with Gasteiger partial charge in [-0.05, 0) is 12.1 Å². The molecule has 24 heavy (non-hydrogen) atoms. The number of carbonyl (C=O) groups excluding carboxylic acids is 2. The van der Waals surface area contributed by atoms with Crippen LogP contribution in [0.15, 0.2) is 54.7 Å². The standard InChI is InChI=1S/C19H15N3O2/c1-20-15-9-4-3-7-13(15)19(17(20)23)14-8-5-6-12-10-11-22(16(12)14)18(24)21(19)2/h3-11H,1-2H3. The van der Waals surface area contributed by atoms with E-state index in [9.17, 15) is 9.59 Å². The summed E-state index contributed by atoms with van der Waals surface area (Å²) >= 11 is 0. The van der Waals surface area contributed by atoms with Crippen molar-refractivity contribution in [1.82, 2.24) is 9.47 Å². The minimum atomic E-state index is -1.10. The van der Waals surface area contributed by atoms with E-state index in [-0.39, 0.29) is 11.9 Å². The average molecular weight is 317 g/mol. The first-order chi connectivity index (χ1) is 11.6. The van der Waals surface area contributed by atoms with Gasteiger partial charge in [0.15, 0.2) is 5.54 Å². The molecule has 1 atom stereocenters. The second-order valence-electron chi connectivity index (χ2n) is 6.36. The van der Waals surface area contributed by atoms with Crippen LogP contribution in [0.2, 0.25) is 0 Å². The quantitative estimate of drug-likeness (QED) is 0.640. The fourth-order valence-corrected chi connectivity index (χ4v) is 4.26. The smallest absolute Gasteiger partial charge is 0.312 e. The highest BCUT2D eigenvalue weighted by Crippen LogP contribution is 2.51.